The molecule has 6 nitrogen and oxygen atoms in total. The number of carbonyl (C=O) groups excluding carboxylic acids is 3. The predicted octanol–water partition coefficient (Wildman–Crippen LogP) is 3.06. The highest BCUT2D eigenvalue weighted by Crippen LogP contribution is 2.65. The SMILES string of the molecule is CC1(C)C2CCC1(C)C(NC(=O)COC(=O)c1ccc3c(c1)CCC(=O)N3)C2. The van der Waals surface area contributed by atoms with Crippen LogP contribution in [0.25, 0.3) is 0 Å². The van der Waals surface area contributed by atoms with E-state index in [0.29, 0.717) is 24.3 Å². The number of amides is 2. The molecule has 3 atom stereocenters. The molecular weight excluding hydrogens is 356 g/mol. The minimum Gasteiger partial charge on any atom is -0.452 e. The van der Waals surface area contributed by atoms with E-state index in [0.717, 1.165) is 24.1 Å². The third-order valence-electron chi connectivity index (χ3n) is 7.70. The maximum atomic E-state index is 12.4. The second-order valence-corrected chi connectivity index (χ2v) is 9.23. The van der Waals surface area contributed by atoms with Gasteiger partial charge in [0.2, 0.25) is 5.91 Å². The number of aryl methyl sites for hydroxylation is 1. The molecule has 1 aliphatic heterocycles. The Labute approximate surface area is 165 Å². The van der Waals surface area contributed by atoms with Crippen LogP contribution < -0.4 is 10.6 Å². The standard InChI is InChI=1S/C22H28N2O4/c1-21(2)15-8-9-22(21,3)17(11-15)24-19(26)12-28-20(27)14-4-6-16-13(10-14)5-7-18(25)23-16/h4,6,10,15,17H,5,7-9,11-12H2,1-3H3,(H,23,25)(H,24,26). The van der Waals surface area contributed by atoms with Crippen molar-refractivity contribution in [2.45, 2.75) is 58.9 Å². The number of ether oxygens (including phenoxy) is 1. The molecule has 4 rings (SSSR count). The van der Waals surface area contributed by atoms with Crippen molar-refractivity contribution in [3.8, 4) is 0 Å². The monoisotopic (exact) mass is 384 g/mol. The van der Waals surface area contributed by atoms with Gasteiger partial charge in [-0.2, -0.15) is 0 Å². The molecule has 6 heteroatoms. The van der Waals surface area contributed by atoms with Crippen molar-refractivity contribution >= 4 is 23.5 Å². The van der Waals surface area contributed by atoms with Crippen molar-refractivity contribution in [1.29, 1.82) is 0 Å². The number of esters is 1. The van der Waals surface area contributed by atoms with Crippen LogP contribution >= 0.6 is 0 Å². The summed E-state index contributed by atoms with van der Waals surface area (Å²) in [6.07, 6.45) is 4.36. The lowest BCUT2D eigenvalue weighted by Crippen LogP contribution is -2.48. The van der Waals surface area contributed by atoms with Crippen molar-refractivity contribution < 1.29 is 19.1 Å². The molecule has 2 saturated carbocycles. The van der Waals surface area contributed by atoms with Gasteiger partial charge in [0.15, 0.2) is 6.61 Å². The van der Waals surface area contributed by atoms with Crippen LogP contribution in [0, 0.1) is 16.7 Å². The van der Waals surface area contributed by atoms with Crippen LogP contribution in [0.4, 0.5) is 5.69 Å². The van der Waals surface area contributed by atoms with Gasteiger partial charge in [0.1, 0.15) is 0 Å². The molecular formula is C22H28N2O4. The Morgan fingerprint density at radius 3 is 2.71 bits per heavy atom. The summed E-state index contributed by atoms with van der Waals surface area (Å²) in [5, 5.41) is 5.89. The molecule has 2 amide bonds. The van der Waals surface area contributed by atoms with E-state index in [1.54, 1.807) is 18.2 Å². The normalized spacial score (nSPS) is 29.8. The summed E-state index contributed by atoms with van der Waals surface area (Å²) in [5.74, 6) is -0.138. The number of carbonyl (C=O) groups is 3. The Balaban J connectivity index is 1.33. The third kappa shape index (κ3) is 2.99. The van der Waals surface area contributed by atoms with E-state index >= 15 is 0 Å². The summed E-state index contributed by atoms with van der Waals surface area (Å²) in [6, 6.07) is 5.19. The van der Waals surface area contributed by atoms with Gasteiger partial charge in [-0.05, 0) is 66.2 Å². The number of hydrogen-bond acceptors (Lipinski definition) is 4. The van der Waals surface area contributed by atoms with E-state index in [9.17, 15) is 14.4 Å². The van der Waals surface area contributed by atoms with Gasteiger partial charge in [-0.15, -0.1) is 0 Å². The zero-order valence-electron chi connectivity index (χ0n) is 16.8. The molecule has 3 aliphatic rings. The van der Waals surface area contributed by atoms with E-state index in [4.69, 9.17) is 4.74 Å². The number of benzene rings is 1. The van der Waals surface area contributed by atoms with E-state index in [1.165, 1.54) is 6.42 Å². The molecule has 28 heavy (non-hydrogen) atoms. The number of anilines is 1. The van der Waals surface area contributed by atoms with Crippen LogP contribution in [0.1, 0.15) is 62.4 Å². The van der Waals surface area contributed by atoms with Crippen LogP contribution in [0.5, 0.6) is 0 Å². The first kappa shape index (κ1) is 19.0. The van der Waals surface area contributed by atoms with Crippen molar-refractivity contribution in [3.05, 3.63) is 29.3 Å². The maximum Gasteiger partial charge on any atom is 0.338 e. The second-order valence-electron chi connectivity index (χ2n) is 9.23. The molecule has 0 aromatic heterocycles. The molecule has 1 aromatic carbocycles. The van der Waals surface area contributed by atoms with Gasteiger partial charge < -0.3 is 15.4 Å². The highest BCUT2D eigenvalue weighted by molar-refractivity contribution is 5.96. The summed E-state index contributed by atoms with van der Waals surface area (Å²) in [5.41, 5.74) is 2.37. The lowest BCUT2D eigenvalue weighted by molar-refractivity contribution is -0.126. The highest BCUT2D eigenvalue weighted by Gasteiger charge is 2.61. The third-order valence-corrected chi connectivity index (χ3v) is 7.70. The first-order valence-electron chi connectivity index (χ1n) is 10.1. The Morgan fingerprint density at radius 2 is 2.04 bits per heavy atom. The molecule has 1 aromatic rings. The van der Waals surface area contributed by atoms with Crippen LogP contribution in [-0.4, -0.2) is 30.4 Å². The fourth-order valence-electron chi connectivity index (χ4n) is 5.38. The molecule has 3 unspecified atom stereocenters. The lowest BCUT2D eigenvalue weighted by Gasteiger charge is -2.39. The van der Waals surface area contributed by atoms with Gasteiger partial charge in [-0.1, -0.05) is 20.8 Å². The van der Waals surface area contributed by atoms with Crippen LogP contribution in [0.2, 0.25) is 0 Å². The smallest absolute Gasteiger partial charge is 0.338 e. The van der Waals surface area contributed by atoms with Gasteiger partial charge in [0.05, 0.1) is 5.56 Å². The predicted molar refractivity (Wildman–Crippen MR) is 105 cm³/mol. The highest BCUT2D eigenvalue weighted by atomic mass is 16.5. The first-order chi connectivity index (χ1) is 13.2. The quantitative estimate of drug-likeness (QED) is 0.782. The fraction of sp³-hybridized carbons (Fsp3) is 0.591. The summed E-state index contributed by atoms with van der Waals surface area (Å²) in [6.45, 7) is 6.60. The Bertz CT molecular complexity index is 847. The average Bonchev–Trinajstić information content (AvgIpc) is 2.99. The number of nitrogens with one attached hydrogen (secondary N) is 2. The first-order valence-corrected chi connectivity index (χ1v) is 10.1. The number of fused-ring (bicyclic) bond motifs is 3. The zero-order chi connectivity index (χ0) is 20.1. The van der Waals surface area contributed by atoms with Gasteiger partial charge in [-0.3, -0.25) is 9.59 Å². The summed E-state index contributed by atoms with van der Waals surface area (Å²) in [4.78, 5) is 36.2. The van der Waals surface area contributed by atoms with Crippen LogP contribution in [-0.2, 0) is 20.7 Å². The molecule has 1 heterocycles. The minimum absolute atomic E-state index is 0.0167. The van der Waals surface area contributed by atoms with E-state index in [1.807, 2.05) is 0 Å². The summed E-state index contributed by atoms with van der Waals surface area (Å²) in [7, 11) is 0. The fourth-order valence-corrected chi connectivity index (χ4v) is 5.38. The molecule has 150 valence electrons. The maximum absolute atomic E-state index is 12.4. The molecule has 0 saturated heterocycles. The topological polar surface area (TPSA) is 84.5 Å². The van der Waals surface area contributed by atoms with E-state index in [-0.39, 0.29) is 35.3 Å². The van der Waals surface area contributed by atoms with Crippen LogP contribution in [0.3, 0.4) is 0 Å². The Hall–Kier alpha value is -2.37. The molecule has 2 fully saturated rings. The second kappa shape index (κ2) is 6.61. The van der Waals surface area contributed by atoms with Gasteiger partial charge in [-0.25, -0.2) is 4.79 Å². The Kier molecular flexibility index (Phi) is 4.47. The van der Waals surface area contributed by atoms with E-state index in [2.05, 4.69) is 31.4 Å². The van der Waals surface area contributed by atoms with Crippen molar-refractivity contribution in [1.82, 2.24) is 5.32 Å². The molecule has 2 N–H and O–H groups in total. The number of hydrogen-bond donors (Lipinski definition) is 2. The number of rotatable bonds is 4. The molecule has 0 spiro atoms. The largest absolute Gasteiger partial charge is 0.452 e. The van der Waals surface area contributed by atoms with Crippen LogP contribution in [0.15, 0.2) is 18.2 Å². The molecule has 2 bridgehead atoms. The zero-order valence-corrected chi connectivity index (χ0v) is 16.8. The van der Waals surface area contributed by atoms with Gasteiger partial charge in [0.25, 0.3) is 5.91 Å². The molecule has 2 aliphatic carbocycles. The Morgan fingerprint density at radius 1 is 1.25 bits per heavy atom. The van der Waals surface area contributed by atoms with Gasteiger partial charge in [0, 0.05) is 18.2 Å². The van der Waals surface area contributed by atoms with E-state index < -0.39 is 5.97 Å². The lowest BCUT2D eigenvalue weighted by atomic mass is 9.69. The van der Waals surface area contributed by atoms with Crippen molar-refractivity contribution in [3.63, 3.8) is 0 Å². The van der Waals surface area contributed by atoms with Gasteiger partial charge >= 0.3 is 5.97 Å². The van der Waals surface area contributed by atoms with Crippen molar-refractivity contribution in [2.24, 2.45) is 16.7 Å². The minimum atomic E-state index is -0.519. The summed E-state index contributed by atoms with van der Waals surface area (Å²) >= 11 is 0. The summed E-state index contributed by atoms with van der Waals surface area (Å²) < 4.78 is 5.24. The average molecular weight is 384 g/mol. The van der Waals surface area contributed by atoms with Crippen molar-refractivity contribution in [2.75, 3.05) is 11.9 Å². The molecule has 0 radical (unpaired) electrons.